The molecule has 8 heteroatoms. The van der Waals surface area contributed by atoms with E-state index >= 15 is 0 Å². The minimum absolute atomic E-state index is 0.264. The number of rotatable bonds is 5. The average Bonchev–Trinajstić information content (AvgIpc) is 3.27. The second-order valence-corrected chi connectivity index (χ2v) is 6.14. The molecule has 3 aromatic rings. The van der Waals surface area contributed by atoms with Crippen molar-refractivity contribution in [2.24, 2.45) is 10.7 Å². The van der Waals surface area contributed by atoms with Gasteiger partial charge in [-0.25, -0.2) is 0 Å². The summed E-state index contributed by atoms with van der Waals surface area (Å²) in [7, 11) is 0. The van der Waals surface area contributed by atoms with Gasteiger partial charge in [0.15, 0.2) is 0 Å². The van der Waals surface area contributed by atoms with Crippen molar-refractivity contribution in [3.05, 3.63) is 52.0 Å². The Labute approximate surface area is 149 Å². The molecule has 3 heterocycles. The van der Waals surface area contributed by atoms with Gasteiger partial charge in [-0.05, 0) is 30.5 Å². The van der Waals surface area contributed by atoms with Crippen LogP contribution in [0.15, 0.2) is 49.3 Å². The zero-order chi connectivity index (χ0) is 17.9. The number of aryl methyl sites for hydroxylation is 1. The standard InChI is InChI=1S/C18H20N4O4/c19-11-22-6-8-24-10-16(22)20-18-14(17(23)21-26-18)4-2-12-1-3-13-5-7-25-15(13)9-12/h1,3,5,7,9H,2,4,6,8,10-11,19H2,(H,21,23). The van der Waals surface area contributed by atoms with E-state index in [1.807, 2.05) is 29.2 Å². The lowest BCUT2D eigenvalue weighted by molar-refractivity contribution is 0.117. The molecule has 0 aliphatic carbocycles. The molecule has 0 unspecified atom stereocenters. The normalized spacial score (nSPS) is 16.7. The van der Waals surface area contributed by atoms with Crippen molar-refractivity contribution in [2.45, 2.75) is 12.8 Å². The van der Waals surface area contributed by atoms with Crippen LogP contribution in [-0.2, 0) is 17.6 Å². The Hall–Kier alpha value is -2.84. The summed E-state index contributed by atoms with van der Waals surface area (Å²) in [5.41, 5.74) is 7.91. The molecule has 0 amide bonds. The fourth-order valence-electron chi connectivity index (χ4n) is 3.03. The Morgan fingerprint density at radius 3 is 3.08 bits per heavy atom. The number of morpholine rings is 1. The number of nitrogens with two attached hydrogens (primary N) is 1. The van der Waals surface area contributed by atoms with Gasteiger partial charge >= 0.3 is 0 Å². The van der Waals surface area contributed by atoms with E-state index < -0.39 is 0 Å². The largest absolute Gasteiger partial charge is 0.464 e. The first-order valence-electron chi connectivity index (χ1n) is 8.51. The van der Waals surface area contributed by atoms with E-state index in [9.17, 15) is 4.79 Å². The fourth-order valence-corrected chi connectivity index (χ4v) is 3.03. The highest BCUT2D eigenvalue weighted by Gasteiger charge is 2.19. The molecular formula is C18H20N4O4. The highest BCUT2D eigenvalue weighted by Crippen LogP contribution is 2.21. The van der Waals surface area contributed by atoms with Gasteiger partial charge in [0, 0.05) is 11.9 Å². The lowest BCUT2D eigenvalue weighted by atomic mass is 10.1. The van der Waals surface area contributed by atoms with Crippen molar-refractivity contribution >= 4 is 22.7 Å². The molecular weight excluding hydrogens is 336 g/mol. The molecule has 0 spiro atoms. The summed E-state index contributed by atoms with van der Waals surface area (Å²) in [6.07, 6.45) is 2.85. The number of benzene rings is 1. The third-order valence-corrected chi connectivity index (χ3v) is 4.51. The summed E-state index contributed by atoms with van der Waals surface area (Å²) in [4.78, 5) is 18.5. The zero-order valence-corrected chi connectivity index (χ0v) is 14.2. The molecule has 8 nitrogen and oxygen atoms in total. The van der Waals surface area contributed by atoms with E-state index in [-0.39, 0.29) is 11.4 Å². The highest BCUT2D eigenvalue weighted by atomic mass is 16.5. The molecule has 3 N–H and O–H groups in total. The molecule has 0 saturated carbocycles. The number of amidine groups is 1. The van der Waals surface area contributed by atoms with Gasteiger partial charge in [0.25, 0.3) is 11.4 Å². The number of H-pyrrole nitrogens is 1. The van der Waals surface area contributed by atoms with Crippen molar-refractivity contribution in [3.63, 3.8) is 0 Å². The molecule has 1 aromatic carbocycles. The van der Waals surface area contributed by atoms with E-state index in [0.717, 1.165) is 16.5 Å². The number of aliphatic imine (C=N–C) groups is 1. The van der Waals surface area contributed by atoms with Gasteiger partial charge < -0.3 is 24.3 Å². The number of furan rings is 1. The SMILES string of the molecule is NCN1CCOCC1=Nc1o[nH]c(=O)c1CCc1ccc2ccoc2c1. The molecule has 136 valence electrons. The van der Waals surface area contributed by atoms with E-state index in [4.69, 9.17) is 19.4 Å². The number of aromatic amines is 1. The number of nitrogens with zero attached hydrogens (tertiary/aromatic N) is 2. The molecule has 2 aromatic heterocycles. The van der Waals surface area contributed by atoms with Crippen molar-refractivity contribution in [1.82, 2.24) is 10.1 Å². The number of hydrogen-bond acceptors (Lipinski definition) is 6. The summed E-state index contributed by atoms with van der Waals surface area (Å²) in [6.45, 7) is 1.97. The van der Waals surface area contributed by atoms with Crippen LogP contribution in [-0.4, -0.2) is 42.3 Å². The topological polar surface area (TPSA) is 110 Å². The van der Waals surface area contributed by atoms with Gasteiger partial charge in [-0.2, -0.15) is 10.1 Å². The number of fused-ring (bicyclic) bond motifs is 1. The monoisotopic (exact) mass is 356 g/mol. The second kappa shape index (κ2) is 7.19. The number of nitrogens with one attached hydrogen (secondary N) is 1. The van der Waals surface area contributed by atoms with Gasteiger partial charge in [-0.15, -0.1) is 0 Å². The van der Waals surface area contributed by atoms with E-state index in [1.54, 1.807) is 6.26 Å². The average molecular weight is 356 g/mol. The Kier molecular flexibility index (Phi) is 4.59. The van der Waals surface area contributed by atoms with Crippen molar-refractivity contribution in [2.75, 3.05) is 26.4 Å². The summed E-state index contributed by atoms with van der Waals surface area (Å²) >= 11 is 0. The quantitative estimate of drug-likeness (QED) is 0.721. The zero-order valence-electron chi connectivity index (χ0n) is 14.2. The molecule has 1 saturated heterocycles. The van der Waals surface area contributed by atoms with Crippen LogP contribution in [0.2, 0.25) is 0 Å². The van der Waals surface area contributed by atoms with Gasteiger partial charge in [-0.1, -0.05) is 12.1 Å². The summed E-state index contributed by atoms with van der Waals surface area (Å²) < 4.78 is 16.1. The first-order chi connectivity index (χ1) is 12.7. The molecule has 1 aliphatic rings. The van der Waals surface area contributed by atoms with Gasteiger partial charge in [0.05, 0.1) is 25.1 Å². The maximum atomic E-state index is 12.1. The molecule has 4 rings (SSSR count). The lowest BCUT2D eigenvalue weighted by Gasteiger charge is -2.28. The van der Waals surface area contributed by atoms with Crippen molar-refractivity contribution in [3.8, 4) is 0 Å². The smallest absolute Gasteiger partial charge is 0.285 e. The Balaban J connectivity index is 1.55. The maximum absolute atomic E-state index is 12.1. The first kappa shape index (κ1) is 16.6. The third-order valence-electron chi connectivity index (χ3n) is 4.51. The summed E-state index contributed by atoms with van der Waals surface area (Å²) in [5, 5.41) is 3.43. The number of hydrogen-bond donors (Lipinski definition) is 2. The van der Waals surface area contributed by atoms with Crippen LogP contribution in [0.4, 0.5) is 5.88 Å². The molecule has 26 heavy (non-hydrogen) atoms. The minimum Gasteiger partial charge on any atom is -0.464 e. The van der Waals surface area contributed by atoms with Crippen molar-refractivity contribution in [1.29, 1.82) is 0 Å². The van der Waals surface area contributed by atoms with Crippen LogP contribution in [0.25, 0.3) is 11.0 Å². The summed E-state index contributed by atoms with van der Waals surface area (Å²) in [6, 6.07) is 7.94. The minimum atomic E-state index is -0.264. The molecule has 0 atom stereocenters. The fraction of sp³-hybridized carbons (Fsp3) is 0.333. The second-order valence-electron chi connectivity index (χ2n) is 6.14. The number of ether oxygens (including phenoxy) is 1. The maximum Gasteiger partial charge on any atom is 0.285 e. The lowest BCUT2D eigenvalue weighted by Crippen LogP contribution is -2.44. The Bertz CT molecular complexity index is 984. The highest BCUT2D eigenvalue weighted by molar-refractivity contribution is 5.86. The van der Waals surface area contributed by atoms with E-state index in [0.29, 0.717) is 50.7 Å². The van der Waals surface area contributed by atoms with Crippen LogP contribution in [0.5, 0.6) is 0 Å². The van der Waals surface area contributed by atoms with Gasteiger partial charge in [0.2, 0.25) is 0 Å². The van der Waals surface area contributed by atoms with Crippen molar-refractivity contribution < 1.29 is 13.7 Å². The van der Waals surface area contributed by atoms with Crippen LogP contribution in [0.1, 0.15) is 11.1 Å². The van der Waals surface area contributed by atoms with Crippen LogP contribution >= 0.6 is 0 Å². The predicted molar refractivity (Wildman–Crippen MR) is 96.6 cm³/mol. The Morgan fingerprint density at radius 2 is 2.19 bits per heavy atom. The molecule has 1 aliphatic heterocycles. The van der Waals surface area contributed by atoms with Crippen LogP contribution in [0, 0.1) is 0 Å². The Morgan fingerprint density at radius 1 is 1.27 bits per heavy atom. The van der Waals surface area contributed by atoms with Crippen LogP contribution < -0.4 is 11.3 Å². The molecule has 0 bridgehead atoms. The first-order valence-corrected chi connectivity index (χ1v) is 8.51. The van der Waals surface area contributed by atoms with E-state index in [1.165, 1.54) is 0 Å². The summed E-state index contributed by atoms with van der Waals surface area (Å²) in [5.74, 6) is 0.952. The predicted octanol–water partition coefficient (Wildman–Crippen LogP) is 1.78. The van der Waals surface area contributed by atoms with E-state index in [2.05, 4.69) is 10.1 Å². The third kappa shape index (κ3) is 3.29. The number of aromatic nitrogens is 1. The van der Waals surface area contributed by atoms with Gasteiger partial charge in [0.1, 0.15) is 18.0 Å². The molecule has 0 radical (unpaired) electrons. The van der Waals surface area contributed by atoms with Crippen LogP contribution in [0.3, 0.4) is 0 Å². The molecule has 1 fully saturated rings. The van der Waals surface area contributed by atoms with Gasteiger partial charge in [-0.3, -0.25) is 4.79 Å².